The summed E-state index contributed by atoms with van der Waals surface area (Å²) in [5, 5.41) is 27.1. The topological polar surface area (TPSA) is 81.0 Å². The first-order valence-electron chi connectivity index (χ1n) is 3.88. The van der Waals surface area contributed by atoms with Gasteiger partial charge in [-0.15, -0.1) is 0 Å². The molecule has 5 nitrogen and oxygen atoms in total. The van der Waals surface area contributed by atoms with Crippen LogP contribution in [0.3, 0.4) is 0 Å². The van der Waals surface area contributed by atoms with Gasteiger partial charge in [-0.1, -0.05) is 0 Å². The third-order valence-corrected chi connectivity index (χ3v) is 2.14. The summed E-state index contributed by atoms with van der Waals surface area (Å²) in [4.78, 5) is 12.0. The summed E-state index contributed by atoms with van der Waals surface area (Å²) in [7, 11) is -0.816. The summed E-state index contributed by atoms with van der Waals surface area (Å²) in [6.07, 6.45) is -0.459. The van der Waals surface area contributed by atoms with Crippen LogP contribution in [0.15, 0.2) is 0 Å². The van der Waals surface area contributed by atoms with Crippen molar-refractivity contribution >= 4 is 13.0 Å². The SMILES string of the molecule is CB(O)N1CC[C@H](O)[C@H]1C(=O)O. The van der Waals surface area contributed by atoms with Crippen LogP contribution in [0.25, 0.3) is 0 Å². The van der Waals surface area contributed by atoms with Crippen LogP contribution in [-0.2, 0) is 4.79 Å². The van der Waals surface area contributed by atoms with E-state index < -0.39 is 25.2 Å². The Morgan fingerprint density at radius 2 is 2.25 bits per heavy atom. The molecule has 0 aliphatic carbocycles. The fourth-order valence-electron chi connectivity index (χ4n) is 1.53. The number of rotatable bonds is 2. The van der Waals surface area contributed by atoms with Gasteiger partial charge in [0.05, 0.1) is 6.10 Å². The lowest BCUT2D eigenvalue weighted by Crippen LogP contribution is -2.48. The molecule has 0 saturated carbocycles. The lowest BCUT2D eigenvalue weighted by atomic mass is 9.84. The number of carbonyl (C=O) groups is 1. The fraction of sp³-hybridized carbons (Fsp3) is 0.833. The maximum atomic E-state index is 10.6. The van der Waals surface area contributed by atoms with Crippen LogP contribution in [0.5, 0.6) is 0 Å². The number of hydrogen-bond donors (Lipinski definition) is 3. The minimum absolute atomic E-state index is 0.405. The average Bonchev–Trinajstić information content (AvgIpc) is 2.30. The lowest BCUT2D eigenvalue weighted by Gasteiger charge is -2.22. The zero-order chi connectivity index (χ0) is 9.30. The molecule has 2 atom stereocenters. The quantitative estimate of drug-likeness (QED) is 0.448. The molecule has 0 unspecified atom stereocenters. The summed E-state index contributed by atoms with van der Waals surface area (Å²) in [5.74, 6) is -1.08. The van der Waals surface area contributed by atoms with Gasteiger partial charge in [0.2, 0.25) is 0 Å². The standard InChI is InChI=1S/C6H12BNO4/c1-7(12)8-3-2-4(9)5(8)6(10)11/h4-5,9,12H,2-3H2,1H3,(H,10,11)/t4-,5-/m0/s1. The first kappa shape index (κ1) is 9.50. The van der Waals surface area contributed by atoms with E-state index in [0.29, 0.717) is 13.0 Å². The minimum Gasteiger partial charge on any atom is -0.480 e. The van der Waals surface area contributed by atoms with E-state index in [0.717, 1.165) is 0 Å². The number of aliphatic carboxylic acids is 1. The maximum Gasteiger partial charge on any atom is 0.377 e. The molecule has 3 N–H and O–H groups in total. The molecule has 68 valence electrons. The second-order valence-electron chi connectivity index (χ2n) is 3.01. The Hall–Kier alpha value is -0.585. The molecule has 0 bridgehead atoms. The van der Waals surface area contributed by atoms with E-state index in [9.17, 15) is 9.90 Å². The average molecular weight is 173 g/mol. The molecule has 1 heterocycles. The molecule has 0 amide bonds. The number of carboxylic acids is 1. The van der Waals surface area contributed by atoms with Crippen LogP contribution in [0.2, 0.25) is 6.82 Å². The van der Waals surface area contributed by atoms with E-state index in [-0.39, 0.29) is 0 Å². The zero-order valence-electron chi connectivity index (χ0n) is 6.84. The highest BCUT2D eigenvalue weighted by molar-refractivity contribution is 6.45. The molecule has 1 aliphatic heterocycles. The molecule has 1 aliphatic rings. The van der Waals surface area contributed by atoms with Gasteiger partial charge in [0, 0.05) is 0 Å². The highest BCUT2D eigenvalue weighted by Gasteiger charge is 2.41. The molecule has 6 heteroatoms. The molecule has 1 saturated heterocycles. The summed E-state index contributed by atoms with van der Waals surface area (Å²) >= 11 is 0. The highest BCUT2D eigenvalue weighted by Crippen LogP contribution is 2.18. The normalized spacial score (nSPS) is 30.6. The van der Waals surface area contributed by atoms with Gasteiger partial charge in [0.1, 0.15) is 6.04 Å². The Balaban J connectivity index is 2.70. The van der Waals surface area contributed by atoms with E-state index in [1.807, 2.05) is 0 Å². The van der Waals surface area contributed by atoms with Crippen LogP contribution in [0.1, 0.15) is 6.42 Å². The first-order valence-corrected chi connectivity index (χ1v) is 3.88. The van der Waals surface area contributed by atoms with Gasteiger partial charge in [-0.05, 0) is 19.8 Å². The lowest BCUT2D eigenvalue weighted by molar-refractivity contribution is -0.143. The molecule has 0 radical (unpaired) electrons. The molecule has 0 spiro atoms. The van der Waals surface area contributed by atoms with E-state index in [4.69, 9.17) is 10.1 Å². The number of aliphatic hydroxyl groups excluding tert-OH is 1. The molecular formula is C6H12BNO4. The van der Waals surface area contributed by atoms with Crippen molar-refractivity contribution in [3.8, 4) is 0 Å². The van der Waals surface area contributed by atoms with Crippen LogP contribution < -0.4 is 0 Å². The second-order valence-corrected chi connectivity index (χ2v) is 3.01. The van der Waals surface area contributed by atoms with Crippen LogP contribution in [0.4, 0.5) is 0 Å². The van der Waals surface area contributed by atoms with Gasteiger partial charge in [-0.25, -0.2) is 0 Å². The third kappa shape index (κ3) is 1.60. The molecule has 1 fully saturated rings. The van der Waals surface area contributed by atoms with E-state index in [1.54, 1.807) is 0 Å². The van der Waals surface area contributed by atoms with Crippen molar-refractivity contribution in [2.75, 3.05) is 6.54 Å². The van der Waals surface area contributed by atoms with Crippen LogP contribution >= 0.6 is 0 Å². The molecular weight excluding hydrogens is 161 g/mol. The Morgan fingerprint density at radius 1 is 1.67 bits per heavy atom. The Bertz CT molecular complexity index is 186. The third-order valence-electron chi connectivity index (χ3n) is 2.14. The Morgan fingerprint density at radius 3 is 2.58 bits per heavy atom. The van der Waals surface area contributed by atoms with Crippen LogP contribution in [0, 0.1) is 0 Å². The summed E-state index contributed by atoms with van der Waals surface area (Å²) in [6.45, 7) is 1.92. The predicted molar refractivity (Wildman–Crippen MR) is 42.6 cm³/mol. The summed E-state index contributed by atoms with van der Waals surface area (Å²) in [6, 6.07) is -0.954. The van der Waals surface area contributed by atoms with Gasteiger partial charge in [-0.3, -0.25) is 4.79 Å². The number of aliphatic hydroxyl groups is 1. The first-order chi connectivity index (χ1) is 5.54. The van der Waals surface area contributed by atoms with Crippen molar-refractivity contribution in [1.82, 2.24) is 4.81 Å². The molecule has 1 rings (SSSR count). The molecule has 12 heavy (non-hydrogen) atoms. The van der Waals surface area contributed by atoms with Crippen molar-refractivity contribution in [3.05, 3.63) is 0 Å². The summed E-state index contributed by atoms with van der Waals surface area (Å²) < 4.78 is 0. The van der Waals surface area contributed by atoms with E-state index in [2.05, 4.69) is 0 Å². The number of nitrogens with zero attached hydrogens (tertiary/aromatic N) is 1. The predicted octanol–water partition coefficient (Wildman–Crippen LogP) is -1.38. The minimum atomic E-state index is -1.08. The van der Waals surface area contributed by atoms with E-state index in [1.165, 1.54) is 11.6 Å². The number of hydrogen-bond acceptors (Lipinski definition) is 4. The Labute approximate surface area is 70.7 Å². The van der Waals surface area contributed by atoms with Crippen LogP contribution in [-0.4, -0.2) is 51.8 Å². The Kier molecular flexibility index (Phi) is 2.71. The van der Waals surface area contributed by atoms with Gasteiger partial charge in [0.15, 0.2) is 0 Å². The maximum absolute atomic E-state index is 10.6. The van der Waals surface area contributed by atoms with E-state index >= 15 is 0 Å². The molecule has 0 aromatic carbocycles. The highest BCUT2D eigenvalue weighted by atomic mass is 16.4. The van der Waals surface area contributed by atoms with Gasteiger partial charge in [-0.2, -0.15) is 0 Å². The largest absolute Gasteiger partial charge is 0.480 e. The van der Waals surface area contributed by atoms with Crippen molar-refractivity contribution in [1.29, 1.82) is 0 Å². The summed E-state index contributed by atoms with van der Waals surface area (Å²) in [5.41, 5.74) is 0. The fourth-order valence-corrected chi connectivity index (χ4v) is 1.53. The number of carboxylic acid groups (broad SMARTS) is 1. The van der Waals surface area contributed by atoms with Gasteiger partial charge in [0.25, 0.3) is 0 Å². The van der Waals surface area contributed by atoms with Crippen molar-refractivity contribution in [3.63, 3.8) is 0 Å². The van der Waals surface area contributed by atoms with Crippen molar-refractivity contribution < 1.29 is 20.0 Å². The smallest absolute Gasteiger partial charge is 0.377 e. The monoisotopic (exact) mass is 173 g/mol. The van der Waals surface area contributed by atoms with Gasteiger partial charge < -0.3 is 20.0 Å². The van der Waals surface area contributed by atoms with Crippen molar-refractivity contribution in [2.45, 2.75) is 25.4 Å². The molecule has 0 aromatic heterocycles. The second kappa shape index (κ2) is 3.43. The molecule has 0 aromatic rings. The van der Waals surface area contributed by atoms with Crippen molar-refractivity contribution in [2.24, 2.45) is 0 Å². The van der Waals surface area contributed by atoms with Gasteiger partial charge >= 0.3 is 13.0 Å². The zero-order valence-corrected chi connectivity index (χ0v) is 6.84.